The zero-order valence-corrected chi connectivity index (χ0v) is 9.67. The number of amides is 1. The summed E-state index contributed by atoms with van der Waals surface area (Å²) in [5.41, 5.74) is 5.36. The van der Waals surface area contributed by atoms with Gasteiger partial charge in [0.25, 0.3) is 0 Å². The van der Waals surface area contributed by atoms with Crippen LogP contribution in [0.15, 0.2) is 0 Å². The summed E-state index contributed by atoms with van der Waals surface area (Å²) in [6, 6.07) is 0. The molecule has 0 spiro atoms. The molecule has 0 saturated carbocycles. The maximum atomic E-state index is 11.7. The Hall–Kier alpha value is -0.610. The van der Waals surface area contributed by atoms with E-state index in [-0.39, 0.29) is 11.8 Å². The van der Waals surface area contributed by atoms with Gasteiger partial charge in [-0.2, -0.15) is 0 Å². The van der Waals surface area contributed by atoms with Crippen LogP contribution in [0.25, 0.3) is 0 Å². The summed E-state index contributed by atoms with van der Waals surface area (Å²) in [5.74, 6) is 0.359. The predicted octanol–water partition coefficient (Wildman–Crippen LogP) is 0.183. The molecular formula is C11H23N3O. The third kappa shape index (κ3) is 4.18. The lowest BCUT2D eigenvalue weighted by molar-refractivity contribution is -0.126. The van der Waals surface area contributed by atoms with Crippen molar-refractivity contribution in [3.63, 3.8) is 0 Å². The number of carbonyl (C=O) groups is 1. The van der Waals surface area contributed by atoms with Gasteiger partial charge in [-0.3, -0.25) is 4.79 Å². The highest BCUT2D eigenvalue weighted by Crippen LogP contribution is 2.16. The van der Waals surface area contributed by atoms with Crippen LogP contribution >= 0.6 is 0 Å². The Labute approximate surface area is 92.2 Å². The number of piperidine rings is 1. The van der Waals surface area contributed by atoms with Crippen LogP contribution < -0.4 is 11.1 Å². The fourth-order valence-corrected chi connectivity index (χ4v) is 2.13. The summed E-state index contributed by atoms with van der Waals surface area (Å²) >= 11 is 0. The number of nitrogens with two attached hydrogens (primary N) is 1. The first-order valence-electron chi connectivity index (χ1n) is 5.98. The van der Waals surface area contributed by atoms with Gasteiger partial charge >= 0.3 is 0 Å². The molecule has 15 heavy (non-hydrogen) atoms. The molecular weight excluding hydrogens is 190 g/mol. The van der Waals surface area contributed by atoms with Crippen LogP contribution in [0.3, 0.4) is 0 Å². The topological polar surface area (TPSA) is 58.4 Å². The number of nitrogens with one attached hydrogen (secondary N) is 1. The molecule has 0 radical (unpaired) electrons. The largest absolute Gasteiger partial charge is 0.355 e. The zero-order chi connectivity index (χ0) is 11.1. The molecule has 1 heterocycles. The van der Waals surface area contributed by atoms with Crippen molar-refractivity contribution in [2.75, 3.05) is 32.7 Å². The zero-order valence-electron chi connectivity index (χ0n) is 9.67. The fourth-order valence-electron chi connectivity index (χ4n) is 2.13. The number of carbonyl (C=O) groups excluding carboxylic acids is 1. The molecule has 3 N–H and O–H groups in total. The van der Waals surface area contributed by atoms with Gasteiger partial charge in [-0.25, -0.2) is 0 Å². The van der Waals surface area contributed by atoms with Gasteiger partial charge < -0.3 is 16.0 Å². The summed E-state index contributed by atoms with van der Waals surface area (Å²) in [4.78, 5) is 14.1. The van der Waals surface area contributed by atoms with Crippen molar-refractivity contribution in [2.24, 2.45) is 11.7 Å². The quantitative estimate of drug-likeness (QED) is 0.685. The van der Waals surface area contributed by atoms with E-state index in [1.165, 1.54) is 0 Å². The van der Waals surface area contributed by atoms with Crippen molar-refractivity contribution in [1.82, 2.24) is 10.2 Å². The summed E-state index contributed by atoms with van der Waals surface area (Å²) in [6.45, 7) is 6.48. The van der Waals surface area contributed by atoms with E-state index in [9.17, 15) is 4.79 Å². The Bertz CT molecular complexity index is 194. The van der Waals surface area contributed by atoms with Gasteiger partial charge in [-0.1, -0.05) is 6.92 Å². The van der Waals surface area contributed by atoms with Crippen molar-refractivity contribution in [3.8, 4) is 0 Å². The lowest BCUT2D eigenvalue weighted by Gasteiger charge is -2.31. The second-order valence-corrected chi connectivity index (χ2v) is 4.22. The summed E-state index contributed by atoms with van der Waals surface area (Å²) < 4.78 is 0. The smallest absolute Gasteiger partial charge is 0.224 e. The highest BCUT2D eigenvalue weighted by molar-refractivity contribution is 5.78. The summed E-state index contributed by atoms with van der Waals surface area (Å²) in [5, 5.41) is 2.87. The van der Waals surface area contributed by atoms with Crippen molar-refractivity contribution in [2.45, 2.75) is 26.2 Å². The Balaban J connectivity index is 2.31. The molecule has 1 aliphatic rings. The van der Waals surface area contributed by atoms with Crippen molar-refractivity contribution < 1.29 is 4.79 Å². The highest BCUT2D eigenvalue weighted by atomic mass is 16.1. The van der Waals surface area contributed by atoms with Crippen LogP contribution in [0, 0.1) is 5.92 Å². The van der Waals surface area contributed by atoms with Gasteiger partial charge in [0.2, 0.25) is 5.91 Å². The van der Waals surface area contributed by atoms with Gasteiger partial charge in [-0.15, -0.1) is 0 Å². The van der Waals surface area contributed by atoms with E-state index in [1.54, 1.807) is 0 Å². The van der Waals surface area contributed by atoms with E-state index >= 15 is 0 Å². The molecule has 0 aromatic heterocycles. The van der Waals surface area contributed by atoms with Gasteiger partial charge in [0, 0.05) is 19.6 Å². The number of likely N-dealkylation sites (tertiary alicyclic amines) is 1. The van der Waals surface area contributed by atoms with Crippen LogP contribution in [0.4, 0.5) is 0 Å². The van der Waals surface area contributed by atoms with Crippen LogP contribution in [0.1, 0.15) is 26.2 Å². The van der Waals surface area contributed by atoms with Crippen molar-refractivity contribution >= 4 is 5.91 Å². The molecule has 0 aliphatic carbocycles. The first-order chi connectivity index (χ1) is 7.27. The monoisotopic (exact) mass is 213 g/mol. The molecule has 1 atom stereocenters. The fraction of sp³-hybridized carbons (Fsp3) is 0.909. The van der Waals surface area contributed by atoms with Crippen LogP contribution in [0.5, 0.6) is 0 Å². The van der Waals surface area contributed by atoms with Crippen molar-refractivity contribution in [1.29, 1.82) is 0 Å². The third-order valence-corrected chi connectivity index (χ3v) is 2.86. The third-order valence-electron chi connectivity index (χ3n) is 2.86. The van der Waals surface area contributed by atoms with E-state index in [1.807, 2.05) is 0 Å². The number of rotatable bonds is 5. The first-order valence-corrected chi connectivity index (χ1v) is 5.98. The van der Waals surface area contributed by atoms with Gasteiger partial charge in [0.05, 0.1) is 5.92 Å². The molecule has 88 valence electrons. The van der Waals surface area contributed by atoms with E-state index < -0.39 is 0 Å². The molecule has 1 amide bonds. The minimum atomic E-state index is 0.178. The minimum absolute atomic E-state index is 0.178. The molecule has 4 nitrogen and oxygen atoms in total. The maximum absolute atomic E-state index is 11.7. The Morgan fingerprint density at radius 3 is 3.07 bits per heavy atom. The van der Waals surface area contributed by atoms with E-state index in [4.69, 9.17) is 5.73 Å². The molecule has 0 aromatic carbocycles. The minimum Gasteiger partial charge on any atom is -0.355 e. The average molecular weight is 213 g/mol. The predicted molar refractivity (Wildman–Crippen MR) is 61.5 cm³/mol. The maximum Gasteiger partial charge on any atom is 0.224 e. The first kappa shape index (κ1) is 12.5. The lowest BCUT2D eigenvalue weighted by Crippen LogP contribution is -2.44. The van der Waals surface area contributed by atoms with E-state index in [2.05, 4.69) is 17.1 Å². The molecule has 4 heteroatoms. The molecule has 1 fully saturated rings. The Morgan fingerprint density at radius 1 is 1.60 bits per heavy atom. The lowest BCUT2D eigenvalue weighted by atomic mass is 9.97. The molecule has 1 unspecified atom stereocenters. The highest BCUT2D eigenvalue weighted by Gasteiger charge is 2.24. The molecule has 0 bridgehead atoms. The number of hydrogen-bond acceptors (Lipinski definition) is 3. The van der Waals surface area contributed by atoms with Gasteiger partial charge in [0.1, 0.15) is 0 Å². The summed E-state index contributed by atoms with van der Waals surface area (Å²) in [7, 11) is 0. The second kappa shape index (κ2) is 6.80. The van der Waals surface area contributed by atoms with Crippen molar-refractivity contribution in [3.05, 3.63) is 0 Å². The Morgan fingerprint density at radius 2 is 2.40 bits per heavy atom. The molecule has 0 aromatic rings. The van der Waals surface area contributed by atoms with Crippen LogP contribution in [-0.2, 0) is 4.79 Å². The molecule has 1 aliphatic heterocycles. The number of nitrogens with zero attached hydrogens (tertiary/aromatic N) is 1. The standard InChI is InChI=1S/C11H23N3O/c1-2-7-14-8-3-4-10(9-14)11(15)13-6-5-12/h10H,2-9,12H2,1H3,(H,13,15). The number of hydrogen-bond donors (Lipinski definition) is 2. The normalized spacial score (nSPS) is 22.7. The second-order valence-electron chi connectivity index (χ2n) is 4.22. The van der Waals surface area contributed by atoms with E-state index in [0.717, 1.165) is 38.9 Å². The van der Waals surface area contributed by atoms with Gasteiger partial charge in [-0.05, 0) is 32.4 Å². The Kier molecular flexibility index (Phi) is 5.65. The summed E-state index contributed by atoms with van der Waals surface area (Å²) in [6.07, 6.45) is 3.33. The average Bonchev–Trinajstić information content (AvgIpc) is 2.27. The van der Waals surface area contributed by atoms with Crippen LogP contribution in [-0.4, -0.2) is 43.5 Å². The van der Waals surface area contributed by atoms with E-state index in [0.29, 0.717) is 13.1 Å². The molecule has 1 rings (SSSR count). The molecule has 1 saturated heterocycles. The van der Waals surface area contributed by atoms with Gasteiger partial charge in [0.15, 0.2) is 0 Å². The SMILES string of the molecule is CCCN1CCCC(C(=O)NCCN)C1. The van der Waals surface area contributed by atoms with Crippen LogP contribution in [0.2, 0.25) is 0 Å².